The molecule has 1 N–H and O–H groups in total. The molecule has 1 saturated carbocycles. The zero-order valence-corrected chi connectivity index (χ0v) is 22.4. The van der Waals surface area contributed by atoms with Gasteiger partial charge in [-0.05, 0) is 68.8 Å². The van der Waals surface area contributed by atoms with Gasteiger partial charge in [-0.2, -0.15) is 13.2 Å². The van der Waals surface area contributed by atoms with Gasteiger partial charge in [0.05, 0.1) is 10.5 Å². The maximum Gasteiger partial charge on any atom is 0.416 e. The number of hydrogen-bond acceptors (Lipinski definition) is 4. The minimum absolute atomic E-state index is 0.0143. The van der Waals surface area contributed by atoms with Gasteiger partial charge in [-0.25, -0.2) is 0 Å². The van der Waals surface area contributed by atoms with Crippen molar-refractivity contribution in [3.63, 3.8) is 0 Å². The summed E-state index contributed by atoms with van der Waals surface area (Å²) in [5.74, 6) is -0.355. The van der Waals surface area contributed by atoms with Crippen molar-refractivity contribution >= 4 is 29.7 Å². The monoisotopic (exact) mass is 537 g/mol. The normalized spacial score (nSPS) is 26.3. The van der Waals surface area contributed by atoms with Crippen molar-refractivity contribution in [3.05, 3.63) is 40.3 Å². The largest absolute Gasteiger partial charge is 0.416 e. The number of nitrogens with zero attached hydrogens (tertiary/aromatic N) is 2. The first-order chi connectivity index (χ1) is 17.8. The Balaban J connectivity index is 1.36. The van der Waals surface area contributed by atoms with Crippen molar-refractivity contribution in [2.24, 2.45) is 0 Å². The molecule has 0 bridgehead atoms. The highest BCUT2D eigenvalue weighted by molar-refractivity contribution is 8.04. The first-order valence-electron chi connectivity index (χ1n) is 13.6. The van der Waals surface area contributed by atoms with Crippen LogP contribution in [-0.2, 0) is 15.8 Å². The minimum Gasteiger partial charge on any atom is -0.355 e. The van der Waals surface area contributed by atoms with Gasteiger partial charge in [0, 0.05) is 30.4 Å². The summed E-state index contributed by atoms with van der Waals surface area (Å²) >= 11 is 1.51. The molecule has 0 spiro atoms. The zero-order chi connectivity index (χ0) is 26.4. The Hall–Kier alpha value is -2.00. The Morgan fingerprint density at radius 3 is 2.57 bits per heavy atom. The van der Waals surface area contributed by atoms with Gasteiger partial charge in [-0.15, -0.1) is 11.8 Å². The second-order valence-electron chi connectivity index (χ2n) is 10.4. The number of halogens is 3. The maximum atomic E-state index is 13.4. The van der Waals surface area contributed by atoms with Crippen LogP contribution in [0.3, 0.4) is 0 Å². The van der Waals surface area contributed by atoms with Crippen LogP contribution in [-0.4, -0.2) is 65.1 Å². The topological polar surface area (TPSA) is 52.7 Å². The number of amides is 2. The summed E-state index contributed by atoms with van der Waals surface area (Å²) < 4.78 is 38.8. The van der Waals surface area contributed by atoms with Gasteiger partial charge in [0.25, 0.3) is 5.91 Å². The maximum absolute atomic E-state index is 13.4. The van der Waals surface area contributed by atoms with E-state index in [0.717, 1.165) is 63.7 Å². The lowest BCUT2D eigenvalue weighted by molar-refractivity contribution is -0.137. The van der Waals surface area contributed by atoms with Gasteiger partial charge in [-0.1, -0.05) is 38.3 Å². The summed E-state index contributed by atoms with van der Waals surface area (Å²) in [7, 11) is 0. The van der Waals surface area contributed by atoms with Crippen molar-refractivity contribution in [3.8, 4) is 0 Å². The van der Waals surface area contributed by atoms with Crippen LogP contribution in [0, 0.1) is 0 Å². The van der Waals surface area contributed by atoms with Crippen molar-refractivity contribution in [2.45, 2.75) is 88.2 Å². The van der Waals surface area contributed by atoms with E-state index in [0.29, 0.717) is 23.1 Å². The first kappa shape index (κ1) is 28.0. The minimum atomic E-state index is -4.40. The summed E-state index contributed by atoms with van der Waals surface area (Å²) in [6, 6.07) is 5.50. The number of carbonyl (C=O) groups is 2. The highest BCUT2D eigenvalue weighted by Crippen LogP contribution is 2.42. The third-order valence-electron chi connectivity index (χ3n) is 7.83. The molecule has 2 aliphatic heterocycles. The van der Waals surface area contributed by atoms with Crippen LogP contribution < -0.4 is 5.32 Å². The summed E-state index contributed by atoms with van der Waals surface area (Å²) in [5, 5.41) is 3.21. The highest BCUT2D eigenvalue weighted by atomic mass is 32.2. The molecule has 1 aliphatic carbocycles. The molecular weight excluding hydrogens is 499 g/mol. The SMILES string of the molecule is CCC1CCCCN1CCCNC(=O)CN1C(=O)/C(=C/c2ccc(C(F)(F)F)cc2)SC2CCCCC21. The fourth-order valence-corrected chi connectivity index (χ4v) is 7.29. The number of nitrogens with one attached hydrogen (secondary N) is 1. The molecule has 0 radical (unpaired) electrons. The van der Waals surface area contributed by atoms with E-state index in [1.54, 1.807) is 11.0 Å². The van der Waals surface area contributed by atoms with Gasteiger partial charge in [0.2, 0.25) is 5.91 Å². The van der Waals surface area contributed by atoms with Crippen LogP contribution in [0.2, 0.25) is 0 Å². The molecule has 4 rings (SSSR count). The number of thioether (sulfide) groups is 1. The van der Waals surface area contributed by atoms with Crippen LogP contribution in [0.4, 0.5) is 13.2 Å². The molecule has 3 unspecified atom stereocenters. The molecule has 1 aromatic rings. The predicted molar refractivity (Wildman–Crippen MR) is 142 cm³/mol. The van der Waals surface area contributed by atoms with Crippen LogP contribution in [0.1, 0.15) is 75.8 Å². The van der Waals surface area contributed by atoms with Crippen molar-refractivity contribution in [1.29, 1.82) is 0 Å². The van der Waals surface area contributed by atoms with E-state index >= 15 is 0 Å². The van der Waals surface area contributed by atoms with E-state index in [2.05, 4.69) is 17.1 Å². The number of rotatable bonds is 8. The number of fused-ring (bicyclic) bond motifs is 1. The van der Waals surface area contributed by atoms with Gasteiger partial charge in [0.15, 0.2) is 0 Å². The summed E-state index contributed by atoms with van der Waals surface area (Å²) in [6.45, 7) is 4.95. The molecular formula is C28H38F3N3O2S. The van der Waals surface area contributed by atoms with Crippen molar-refractivity contribution < 1.29 is 22.8 Å². The van der Waals surface area contributed by atoms with Crippen LogP contribution in [0.15, 0.2) is 29.2 Å². The van der Waals surface area contributed by atoms with Crippen molar-refractivity contribution in [1.82, 2.24) is 15.1 Å². The van der Waals surface area contributed by atoms with Crippen LogP contribution >= 0.6 is 11.8 Å². The van der Waals surface area contributed by atoms with Gasteiger partial charge in [-0.3, -0.25) is 9.59 Å². The van der Waals surface area contributed by atoms with E-state index in [4.69, 9.17) is 0 Å². The summed E-state index contributed by atoms with van der Waals surface area (Å²) in [4.78, 5) is 31.0. The second kappa shape index (κ2) is 12.7. The first-order valence-corrected chi connectivity index (χ1v) is 14.5. The molecule has 1 aromatic carbocycles. The number of benzene rings is 1. The smallest absolute Gasteiger partial charge is 0.355 e. The van der Waals surface area contributed by atoms with E-state index in [1.165, 1.54) is 43.2 Å². The molecule has 2 heterocycles. The molecule has 3 aliphatic rings. The van der Waals surface area contributed by atoms with Crippen LogP contribution in [0.5, 0.6) is 0 Å². The van der Waals surface area contributed by atoms with Gasteiger partial charge >= 0.3 is 6.18 Å². The Morgan fingerprint density at radius 1 is 1.11 bits per heavy atom. The molecule has 0 aromatic heterocycles. The Morgan fingerprint density at radius 2 is 1.84 bits per heavy atom. The molecule has 2 amide bonds. The Labute approximate surface area is 222 Å². The highest BCUT2D eigenvalue weighted by Gasteiger charge is 2.41. The number of likely N-dealkylation sites (tertiary alicyclic amines) is 1. The number of alkyl halides is 3. The van der Waals surface area contributed by atoms with Gasteiger partial charge < -0.3 is 15.1 Å². The molecule has 37 heavy (non-hydrogen) atoms. The fourth-order valence-electron chi connectivity index (χ4n) is 5.82. The van der Waals surface area contributed by atoms with Crippen molar-refractivity contribution in [2.75, 3.05) is 26.2 Å². The number of carbonyl (C=O) groups excluding carboxylic acids is 2. The third kappa shape index (κ3) is 7.31. The predicted octanol–water partition coefficient (Wildman–Crippen LogP) is 5.70. The van der Waals surface area contributed by atoms with Gasteiger partial charge in [0.1, 0.15) is 6.54 Å². The lowest BCUT2D eigenvalue weighted by Crippen LogP contribution is -2.54. The quantitative estimate of drug-likeness (QED) is 0.341. The average molecular weight is 538 g/mol. The molecule has 3 fully saturated rings. The number of hydrogen-bond donors (Lipinski definition) is 1. The molecule has 204 valence electrons. The Bertz CT molecular complexity index is 966. The third-order valence-corrected chi connectivity index (χ3v) is 9.23. The molecule has 9 heteroatoms. The van der Waals surface area contributed by atoms with E-state index in [-0.39, 0.29) is 29.7 Å². The molecule has 3 atom stereocenters. The lowest BCUT2D eigenvalue weighted by Gasteiger charge is -2.43. The number of piperidine rings is 1. The standard InChI is InChI=1S/C28H38F3N3O2S/c1-2-22-8-5-6-16-33(22)17-7-15-32-26(35)19-34-23-9-3-4-10-24(23)37-25(27(34)36)18-20-11-13-21(14-12-20)28(29,30)31/h11-14,18,22-24H,2-10,15-17,19H2,1H3,(H,32,35)/b25-18-. The summed E-state index contributed by atoms with van der Waals surface area (Å²) in [5.41, 5.74) is -0.168. The molecule has 5 nitrogen and oxygen atoms in total. The summed E-state index contributed by atoms with van der Waals surface area (Å²) in [6.07, 6.45) is 7.03. The Kier molecular flexibility index (Phi) is 9.62. The van der Waals surface area contributed by atoms with E-state index < -0.39 is 11.7 Å². The zero-order valence-electron chi connectivity index (χ0n) is 21.6. The van der Waals surface area contributed by atoms with E-state index in [9.17, 15) is 22.8 Å². The second-order valence-corrected chi connectivity index (χ2v) is 11.6. The molecule has 2 saturated heterocycles. The average Bonchev–Trinajstić information content (AvgIpc) is 2.89. The fraction of sp³-hybridized carbons (Fsp3) is 0.643. The van der Waals surface area contributed by atoms with E-state index in [1.807, 2.05) is 0 Å². The lowest BCUT2D eigenvalue weighted by atomic mass is 9.93. The van der Waals surface area contributed by atoms with Crippen LogP contribution in [0.25, 0.3) is 6.08 Å².